The summed E-state index contributed by atoms with van der Waals surface area (Å²) in [6, 6.07) is 9.92. The first kappa shape index (κ1) is 24.3. The molecule has 0 radical (unpaired) electrons. The molecule has 0 saturated heterocycles. The molecule has 0 aliphatic heterocycles. The summed E-state index contributed by atoms with van der Waals surface area (Å²) in [6.45, 7) is 7.39. The lowest BCUT2D eigenvalue weighted by Crippen LogP contribution is -2.38. The molecule has 0 unspecified atom stereocenters. The van der Waals surface area contributed by atoms with Gasteiger partial charge in [-0.2, -0.15) is 0 Å². The van der Waals surface area contributed by atoms with E-state index in [1.807, 2.05) is 38.1 Å². The van der Waals surface area contributed by atoms with Gasteiger partial charge in [0.2, 0.25) is 5.88 Å². The third kappa shape index (κ3) is 8.33. The Labute approximate surface area is 185 Å². The molecule has 0 fully saturated rings. The Kier molecular flexibility index (Phi) is 11.0. The number of nitrogens with zero attached hydrogens (tertiary/aromatic N) is 2. The Bertz CT molecular complexity index is 814. The minimum atomic E-state index is 0.458. The van der Waals surface area contributed by atoms with Gasteiger partial charge in [0.05, 0.1) is 19.8 Å². The van der Waals surface area contributed by atoms with E-state index in [0.29, 0.717) is 44.8 Å². The molecule has 0 aliphatic carbocycles. The molecule has 8 nitrogen and oxygen atoms in total. The van der Waals surface area contributed by atoms with Crippen molar-refractivity contribution >= 4 is 5.96 Å². The second-order valence-electron chi connectivity index (χ2n) is 6.56. The molecule has 1 aromatic carbocycles. The highest BCUT2D eigenvalue weighted by molar-refractivity contribution is 5.79. The van der Waals surface area contributed by atoms with Gasteiger partial charge in [-0.25, -0.2) is 4.98 Å². The van der Waals surface area contributed by atoms with Crippen molar-refractivity contribution in [2.45, 2.75) is 26.8 Å². The number of ether oxygens (including phenoxy) is 4. The van der Waals surface area contributed by atoms with E-state index < -0.39 is 0 Å². The van der Waals surface area contributed by atoms with E-state index in [1.54, 1.807) is 20.4 Å². The summed E-state index contributed by atoms with van der Waals surface area (Å²) < 4.78 is 22.0. The van der Waals surface area contributed by atoms with Crippen LogP contribution in [0.1, 0.15) is 25.0 Å². The molecule has 0 bridgehead atoms. The minimum Gasteiger partial charge on any atom is -0.490 e. The van der Waals surface area contributed by atoms with Crippen LogP contribution in [0.5, 0.6) is 17.4 Å². The van der Waals surface area contributed by atoms with Gasteiger partial charge in [-0.05, 0) is 44.0 Å². The minimum absolute atomic E-state index is 0.458. The van der Waals surface area contributed by atoms with Crippen LogP contribution in [0.15, 0.2) is 41.5 Å². The normalized spacial score (nSPS) is 11.2. The zero-order valence-corrected chi connectivity index (χ0v) is 18.9. The summed E-state index contributed by atoms with van der Waals surface area (Å²) in [7, 11) is 3.39. The molecule has 2 rings (SSSR count). The maximum absolute atomic E-state index is 5.71. The van der Waals surface area contributed by atoms with Crippen LogP contribution >= 0.6 is 0 Å². The average Bonchev–Trinajstić information content (AvgIpc) is 2.79. The van der Waals surface area contributed by atoms with Gasteiger partial charge < -0.3 is 29.6 Å². The first-order valence-electron chi connectivity index (χ1n) is 10.6. The van der Waals surface area contributed by atoms with E-state index in [2.05, 4.69) is 26.7 Å². The van der Waals surface area contributed by atoms with Crippen LogP contribution in [0, 0.1) is 0 Å². The van der Waals surface area contributed by atoms with E-state index >= 15 is 0 Å². The van der Waals surface area contributed by atoms with Crippen LogP contribution in [-0.2, 0) is 17.7 Å². The fourth-order valence-electron chi connectivity index (χ4n) is 2.89. The number of aromatic nitrogens is 1. The lowest BCUT2D eigenvalue weighted by Gasteiger charge is -2.15. The third-order valence-corrected chi connectivity index (χ3v) is 4.36. The second-order valence-corrected chi connectivity index (χ2v) is 6.56. The summed E-state index contributed by atoms with van der Waals surface area (Å²) in [5, 5.41) is 6.64. The topological polar surface area (TPSA) is 86.2 Å². The summed E-state index contributed by atoms with van der Waals surface area (Å²) in [6.07, 6.45) is 2.54. The molecule has 1 heterocycles. The highest BCUT2D eigenvalue weighted by atomic mass is 16.5. The summed E-state index contributed by atoms with van der Waals surface area (Å²) in [5.74, 6) is 2.86. The predicted molar refractivity (Wildman–Crippen MR) is 122 cm³/mol. The van der Waals surface area contributed by atoms with Crippen LogP contribution in [0.2, 0.25) is 0 Å². The van der Waals surface area contributed by atoms with Crippen molar-refractivity contribution in [2.24, 2.45) is 4.99 Å². The average molecular weight is 431 g/mol. The Morgan fingerprint density at radius 2 is 1.81 bits per heavy atom. The monoisotopic (exact) mass is 430 g/mol. The number of aliphatic imine (C=N–C) groups is 1. The fourth-order valence-corrected chi connectivity index (χ4v) is 2.89. The number of nitrogens with one attached hydrogen (secondary N) is 2. The van der Waals surface area contributed by atoms with Gasteiger partial charge in [-0.1, -0.05) is 12.1 Å². The summed E-state index contributed by atoms with van der Waals surface area (Å²) in [4.78, 5) is 8.59. The highest BCUT2D eigenvalue weighted by Gasteiger charge is 2.08. The molecule has 0 amide bonds. The van der Waals surface area contributed by atoms with E-state index in [-0.39, 0.29) is 0 Å². The van der Waals surface area contributed by atoms with Gasteiger partial charge in [0.15, 0.2) is 17.5 Å². The lowest BCUT2D eigenvalue weighted by molar-refractivity contribution is 0.143. The number of pyridine rings is 1. The van der Waals surface area contributed by atoms with Crippen LogP contribution in [0.3, 0.4) is 0 Å². The zero-order chi connectivity index (χ0) is 22.3. The van der Waals surface area contributed by atoms with E-state index in [0.717, 1.165) is 35.6 Å². The van der Waals surface area contributed by atoms with Crippen molar-refractivity contribution in [1.29, 1.82) is 0 Å². The molecule has 2 N–H and O–H groups in total. The van der Waals surface area contributed by atoms with E-state index in [4.69, 9.17) is 18.9 Å². The predicted octanol–water partition coefficient (Wildman–Crippen LogP) is 2.81. The first-order valence-corrected chi connectivity index (χ1v) is 10.6. The molecule has 0 atom stereocenters. The van der Waals surface area contributed by atoms with Crippen molar-refractivity contribution in [3.8, 4) is 17.4 Å². The number of guanidine groups is 1. The summed E-state index contributed by atoms with van der Waals surface area (Å²) >= 11 is 0. The number of methoxy groups -OCH3 is 1. The van der Waals surface area contributed by atoms with Gasteiger partial charge in [-0.3, -0.25) is 4.99 Å². The highest BCUT2D eigenvalue weighted by Crippen LogP contribution is 2.28. The number of hydrogen-bond donors (Lipinski definition) is 2. The zero-order valence-electron chi connectivity index (χ0n) is 18.9. The molecular formula is C23H34N4O4. The fraction of sp³-hybridized carbons (Fsp3) is 0.478. The van der Waals surface area contributed by atoms with Gasteiger partial charge in [0, 0.05) is 39.0 Å². The Hall–Kier alpha value is -3.00. The second kappa shape index (κ2) is 14.1. The van der Waals surface area contributed by atoms with Crippen molar-refractivity contribution in [3.63, 3.8) is 0 Å². The molecule has 1 aromatic heterocycles. The molecule has 0 saturated carbocycles. The van der Waals surface area contributed by atoms with Crippen molar-refractivity contribution in [1.82, 2.24) is 15.6 Å². The number of rotatable bonds is 13. The molecule has 2 aromatic rings. The van der Waals surface area contributed by atoms with E-state index in [9.17, 15) is 0 Å². The molecular weight excluding hydrogens is 396 g/mol. The van der Waals surface area contributed by atoms with Crippen LogP contribution in [-0.4, -0.2) is 58.1 Å². The number of benzene rings is 1. The Morgan fingerprint density at radius 3 is 2.55 bits per heavy atom. The standard InChI is InChI=1S/C23H34N4O4/c1-5-29-20-10-9-18(16-21(20)30-6-2)11-13-26-23(24-3)27-17-19-8-7-12-25-22(19)31-15-14-28-4/h7-10,12,16H,5-6,11,13-15,17H2,1-4H3,(H2,24,26,27). The van der Waals surface area contributed by atoms with Gasteiger partial charge in [0.1, 0.15) is 6.61 Å². The maximum atomic E-state index is 5.71. The van der Waals surface area contributed by atoms with E-state index in [1.165, 1.54) is 0 Å². The largest absolute Gasteiger partial charge is 0.490 e. The number of hydrogen-bond acceptors (Lipinski definition) is 6. The molecule has 31 heavy (non-hydrogen) atoms. The molecule has 0 spiro atoms. The summed E-state index contributed by atoms with van der Waals surface area (Å²) in [5.41, 5.74) is 2.12. The Balaban J connectivity index is 1.86. The quantitative estimate of drug-likeness (QED) is 0.287. The molecule has 0 aliphatic rings. The maximum Gasteiger partial charge on any atom is 0.218 e. The third-order valence-electron chi connectivity index (χ3n) is 4.36. The van der Waals surface area contributed by atoms with Crippen molar-refractivity contribution < 1.29 is 18.9 Å². The van der Waals surface area contributed by atoms with Crippen LogP contribution < -0.4 is 24.8 Å². The SMILES string of the molecule is CCOc1ccc(CCNC(=NC)NCc2cccnc2OCCOC)cc1OCC. The smallest absolute Gasteiger partial charge is 0.218 e. The van der Waals surface area contributed by atoms with Crippen molar-refractivity contribution in [2.75, 3.05) is 47.1 Å². The van der Waals surface area contributed by atoms with Crippen molar-refractivity contribution in [3.05, 3.63) is 47.7 Å². The van der Waals surface area contributed by atoms with Gasteiger partial charge in [0.25, 0.3) is 0 Å². The van der Waals surface area contributed by atoms with Gasteiger partial charge in [-0.15, -0.1) is 0 Å². The Morgan fingerprint density at radius 1 is 1.00 bits per heavy atom. The lowest BCUT2D eigenvalue weighted by atomic mass is 10.1. The first-order chi connectivity index (χ1) is 15.2. The molecule has 170 valence electrons. The molecule has 8 heteroatoms. The van der Waals surface area contributed by atoms with Crippen LogP contribution in [0.25, 0.3) is 0 Å². The van der Waals surface area contributed by atoms with Gasteiger partial charge >= 0.3 is 0 Å². The van der Waals surface area contributed by atoms with Crippen LogP contribution in [0.4, 0.5) is 0 Å².